The molecule has 0 unspecified atom stereocenters. The molecule has 0 radical (unpaired) electrons. The molecular formula is C21H22FN5O2S. The molecule has 0 aliphatic carbocycles. The van der Waals surface area contributed by atoms with Gasteiger partial charge in [0.1, 0.15) is 5.82 Å². The van der Waals surface area contributed by atoms with Crippen LogP contribution in [-0.2, 0) is 9.59 Å². The van der Waals surface area contributed by atoms with E-state index in [1.54, 1.807) is 22.8 Å². The van der Waals surface area contributed by atoms with Crippen molar-refractivity contribution in [1.29, 1.82) is 0 Å². The van der Waals surface area contributed by atoms with Crippen molar-refractivity contribution in [3.8, 4) is 17.1 Å². The van der Waals surface area contributed by atoms with Crippen molar-refractivity contribution in [3.63, 3.8) is 0 Å². The van der Waals surface area contributed by atoms with Gasteiger partial charge in [-0.3, -0.25) is 14.2 Å². The topological polar surface area (TPSA) is 94.1 Å². The Morgan fingerprint density at radius 1 is 1.10 bits per heavy atom. The number of carbonyl (C=O) groups excluding carboxylic acids is 2. The second-order valence-electron chi connectivity index (χ2n) is 6.83. The quantitative estimate of drug-likeness (QED) is 0.558. The van der Waals surface area contributed by atoms with E-state index in [1.165, 1.54) is 22.7 Å². The first-order chi connectivity index (χ1) is 14.4. The molecule has 1 heterocycles. The predicted molar refractivity (Wildman–Crippen MR) is 114 cm³/mol. The van der Waals surface area contributed by atoms with E-state index in [0.29, 0.717) is 16.5 Å². The summed E-state index contributed by atoms with van der Waals surface area (Å²) in [7, 11) is 0. The Labute approximate surface area is 178 Å². The van der Waals surface area contributed by atoms with Gasteiger partial charge in [-0.1, -0.05) is 42.1 Å². The highest BCUT2D eigenvalue weighted by molar-refractivity contribution is 7.99. The van der Waals surface area contributed by atoms with Gasteiger partial charge in [-0.15, -0.1) is 10.2 Å². The first-order valence-electron chi connectivity index (χ1n) is 9.34. The van der Waals surface area contributed by atoms with Crippen LogP contribution in [0.2, 0.25) is 0 Å². The maximum Gasteiger partial charge on any atom is 0.237 e. The van der Waals surface area contributed by atoms with E-state index in [9.17, 15) is 14.0 Å². The smallest absolute Gasteiger partial charge is 0.237 e. The first kappa shape index (κ1) is 21.5. The van der Waals surface area contributed by atoms with Crippen molar-refractivity contribution >= 4 is 23.6 Å². The molecule has 3 rings (SSSR count). The molecule has 2 amide bonds. The molecular weight excluding hydrogens is 405 g/mol. The van der Waals surface area contributed by atoms with Gasteiger partial charge in [0, 0.05) is 11.7 Å². The molecule has 0 saturated carbocycles. The summed E-state index contributed by atoms with van der Waals surface area (Å²) in [6.07, 6.45) is 0. The van der Waals surface area contributed by atoms with Crippen molar-refractivity contribution in [3.05, 3.63) is 60.4 Å². The number of hydrogen-bond acceptors (Lipinski definition) is 5. The molecule has 0 fully saturated rings. The summed E-state index contributed by atoms with van der Waals surface area (Å²) in [6, 6.07) is 15.4. The third-order valence-corrected chi connectivity index (χ3v) is 5.27. The minimum atomic E-state index is -0.573. The lowest BCUT2D eigenvalue weighted by atomic mass is 10.2. The van der Waals surface area contributed by atoms with Crippen molar-refractivity contribution < 1.29 is 14.0 Å². The van der Waals surface area contributed by atoms with Crippen molar-refractivity contribution in [2.75, 3.05) is 12.3 Å². The second kappa shape index (κ2) is 9.53. The Morgan fingerprint density at radius 2 is 1.77 bits per heavy atom. The largest absolute Gasteiger partial charge is 0.368 e. The monoisotopic (exact) mass is 427 g/mol. The fraction of sp³-hybridized carbons (Fsp3) is 0.238. The van der Waals surface area contributed by atoms with Crippen molar-refractivity contribution in [2.45, 2.75) is 25.0 Å². The summed E-state index contributed by atoms with van der Waals surface area (Å²) < 4.78 is 16.1. The third-order valence-electron chi connectivity index (χ3n) is 4.36. The molecule has 1 aromatic heterocycles. The van der Waals surface area contributed by atoms with Crippen LogP contribution in [0.3, 0.4) is 0 Å². The van der Waals surface area contributed by atoms with Crippen LogP contribution in [0.5, 0.6) is 0 Å². The number of benzene rings is 2. The molecule has 2 N–H and O–H groups in total. The van der Waals surface area contributed by atoms with Crippen molar-refractivity contribution in [1.82, 2.24) is 19.7 Å². The minimum absolute atomic E-state index is 0.0354. The number of primary amides is 1. The molecule has 0 aliphatic heterocycles. The van der Waals surface area contributed by atoms with E-state index in [0.717, 1.165) is 5.69 Å². The summed E-state index contributed by atoms with van der Waals surface area (Å²) in [4.78, 5) is 25.3. The minimum Gasteiger partial charge on any atom is -0.368 e. The SMILES string of the molecule is CC(C)N(CC(N)=O)C(=O)CSc1nnc(-c2ccccc2F)n1-c1ccccc1. The highest BCUT2D eigenvalue weighted by Crippen LogP contribution is 2.29. The van der Waals surface area contributed by atoms with E-state index >= 15 is 0 Å². The van der Waals surface area contributed by atoms with E-state index in [-0.39, 0.29) is 24.2 Å². The molecule has 2 aromatic carbocycles. The molecule has 7 nitrogen and oxygen atoms in total. The van der Waals surface area contributed by atoms with Gasteiger partial charge in [-0.25, -0.2) is 4.39 Å². The third kappa shape index (κ3) is 4.85. The lowest BCUT2D eigenvalue weighted by Crippen LogP contribution is -2.43. The highest BCUT2D eigenvalue weighted by atomic mass is 32.2. The van der Waals surface area contributed by atoms with Crippen LogP contribution >= 0.6 is 11.8 Å². The number of rotatable bonds is 8. The molecule has 3 aromatic rings. The Kier molecular flexibility index (Phi) is 6.83. The summed E-state index contributed by atoms with van der Waals surface area (Å²) in [5.41, 5.74) is 6.31. The molecule has 156 valence electrons. The van der Waals surface area contributed by atoms with Crippen molar-refractivity contribution in [2.24, 2.45) is 5.73 Å². The Balaban J connectivity index is 1.93. The van der Waals surface area contributed by atoms with E-state index < -0.39 is 11.7 Å². The van der Waals surface area contributed by atoms with E-state index in [2.05, 4.69) is 10.2 Å². The summed E-state index contributed by atoms with van der Waals surface area (Å²) >= 11 is 1.17. The van der Waals surface area contributed by atoms with Crippen LogP contribution < -0.4 is 5.73 Å². The molecule has 0 atom stereocenters. The number of nitrogens with two attached hydrogens (primary N) is 1. The number of para-hydroxylation sites is 1. The van der Waals surface area contributed by atoms with Crippen LogP contribution in [0.25, 0.3) is 17.1 Å². The van der Waals surface area contributed by atoms with Crippen LogP contribution in [0.1, 0.15) is 13.8 Å². The Bertz CT molecular complexity index is 1040. The summed E-state index contributed by atoms with van der Waals surface area (Å²) in [5, 5.41) is 8.82. The fourth-order valence-corrected chi connectivity index (χ4v) is 3.76. The van der Waals surface area contributed by atoms with E-state index in [1.807, 2.05) is 44.2 Å². The number of thioether (sulfide) groups is 1. The van der Waals surface area contributed by atoms with Gasteiger partial charge in [0.05, 0.1) is 17.9 Å². The lowest BCUT2D eigenvalue weighted by Gasteiger charge is -2.25. The second-order valence-corrected chi connectivity index (χ2v) is 7.77. The molecule has 9 heteroatoms. The highest BCUT2D eigenvalue weighted by Gasteiger charge is 2.22. The van der Waals surface area contributed by atoms with Crippen LogP contribution in [-0.4, -0.2) is 49.8 Å². The standard InChI is InChI=1S/C21H22FN5O2S/c1-14(2)26(12-18(23)28)19(29)13-30-21-25-24-20(16-10-6-7-11-17(16)22)27(21)15-8-4-3-5-9-15/h3-11,14H,12-13H2,1-2H3,(H2,23,28). The number of nitrogens with zero attached hydrogens (tertiary/aromatic N) is 4. The lowest BCUT2D eigenvalue weighted by molar-refractivity contribution is -0.134. The normalized spacial score (nSPS) is 10.9. The van der Waals surface area contributed by atoms with Crippen LogP contribution in [0.15, 0.2) is 59.8 Å². The van der Waals surface area contributed by atoms with Crippen LogP contribution in [0, 0.1) is 5.82 Å². The fourth-order valence-electron chi connectivity index (χ4n) is 2.93. The average Bonchev–Trinajstić information content (AvgIpc) is 3.14. The zero-order valence-corrected chi connectivity index (χ0v) is 17.5. The molecule has 0 spiro atoms. The van der Waals surface area contributed by atoms with Gasteiger partial charge in [-0.2, -0.15) is 0 Å². The van der Waals surface area contributed by atoms with Gasteiger partial charge < -0.3 is 10.6 Å². The van der Waals surface area contributed by atoms with Gasteiger partial charge in [0.15, 0.2) is 11.0 Å². The Morgan fingerprint density at radius 3 is 2.40 bits per heavy atom. The average molecular weight is 428 g/mol. The maximum atomic E-state index is 14.4. The zero-order chi connectivity index (χ0) is 21.7. The predicted octanol–water partition coefficient (Wildman–Crippen LogP) is 2.89. The summed E-state index contributed by atoms with van der Waals surface area (Å²) in [5.74, 6) is -0.859. The Hall–Kier alpha value is -3.20. The summed E-state index contributed by atoms with van der Waals surface area (Å²) in [6.45, 7) is 3.48. The zero-order valence-electron chi connectivity index (χ0n) is 16.7. The van der Waals surface area contributed by atoms with Gasteiger partial charge in [-0.05, 0) is 38.1 Å². The van der Waals surface area contributed by atoms with Crippen LogP contribution in [0.4, 0.5) is 4.39 Å². The number of carbonyl (C=O) groups is 2. The molecule has 0 aliphatic rings. The van der Waals surface area contributed by atoms with E-state index in [4.69, 9.17) is 5.73 Å². The van der Waals surface area contributed by atoms with Gasteiger partial charge in [0.2, 0.25) is 11.8 Å². The van der Waals surface area contributed by atoms with Gasteiger partial charge in [0.25, 0.3) is 0 Å². The first-order valence-corrected chi connectivity index (χ1v) is 10.3. The maximum absolute atomic E-state index is 14.4. The molecule has 0 bridgehead atoms. The van der Waals surface area contributed by atoms with Gasteiger partial charge >= 0.3 is 0 Å². The number of amides is 2. The molecule has 30 heavy (non-hydrogen) atoms. The number of hydrogen-bond donors (Lipinski definition) is 1. The molecule has 0 saturated heterocycles. The number of halogens is 1. The number of aromatic nitrogens is 3.